The molecule has 2 rings (SSSR count). The number of nitrogens with one attached hydrogen (secondary N) is 2. The van der Waals surface area contributed by atoms with Crippen LogP contribution in [-0.4, -0.2) is 37.3 Å². The van der Waals surface area contributed by atoms with Gasteiger partial charge in [0.05, 0.1) is 18.0 Å². The number of hydrogen-bond donors (Lipinski definition) is 3. The first-order chi connectivity index (χ1) is 8.02. The molecular weight excluding hydrogens is 218 g/mol. The maximum atomic E-state index is 12.0. The summed E-state index contributed by atoms with van der Waals surface area (Å²) in [7, 11) is 3.64. The Morgan fingerprint density at radius 2 is 2.24 bits per heavy atom. The van der Waals surface area contributed by atoms with Gasteiger partial charge in [-0.05, 0) is 25.1 Å². The predicted molar refractivity (Wildman–Crippen MR) is 68.5 cm³/mol. The second kappa shape index (κ2) is 3.92. The van der Waals surface area contributed by atoms with Crippen LogP contribution in [0.25, 0.3) is 0 Å². The molecule has 1 atom stereocenters. The Labute approximate surface area is 100 Å². The summed E-state index contributed by atoms with van der Waals surface area (Å²) in [6.07, 6.45) is 0. The molecule has 92 valence electrons. The number of carbonyl (C=O) groups is 1. The van der Waals surface area contributed by atoms with Gasteiger partial charge in [0.1, 0.15) is 5.54 Å². The van der Waals surface area contributed by atoms with E-state index in [1.807, 2.05) is 32.3 Å². The molecule has 1 amide bonds. The van der Waals surface area contributed by atoms with Crippen LogP contribution in [0.15, 0.2) is 18.2 Å². The zero-order valence-corrected chi connectivity index (χ0v) is 10.2. The Hall–Kier alpha value is -1.75. The highest BCUT2D eigenvalue weighted by Crippen LogP contribution is 2.37. The van der Waals surface area contributed by atoms with Crippen molar-refractivity contribution in [2.24, 2.45) is 0 Å². The number of fused-ring (bicyclic) bond motifs is 1. The number of anilines is 3. The molecule has 0 radical (unpaired) electrons. The zero-order chi connectivity index (χ0) is 12.6. The highest BCUT2D eigenvalue weighted by atomic mass is 16.3. The van der Waals surface area contributed by atoms with Crippen LogP contribution in [0, 0.1) is 0 Å². The summed E-state index contributed by atoms with van der Waals surface area (Å²) >= 11 is 0. The normalized spacial score (nSPS) is 23.1. The molecule has 3 N–H and O–H groups in total. The molecule has 0 saturated heterocycles. The van der Waals surface area contributed by atoms with Gasteiger partial charge in [-0.15, -0.1) is 0 Å². The monoisotopic (exact) mass is 235 g/mol. The quantitative estimate of drug-likeness (QED) is 0.711. The van der Waals surface area contributed by atoms with E-state index in [1.54, 1.807) is 11.8 Å². The lowest BCUT2D eigenvalue weighted by molar-refractivity contribution is -0.122. The number of likely N-dealkylation sites (N-methyl/N-ethyl adjacent to an activating group) is 1. The Bertz CT molecular complexity index is 461. The molecule has 5 nitrogen and oxygen atoms in total. The molecule has 1 aliphatic heterocycles. The smallest absolute Gasteiger partial charge is 0.252 e. The van der Waals surface area contributed by atoms with E-state index in [0.29, 0.717) is 0 Å². The molecule has 1 aromatic rings. The Kier molecular flexibility index (Phi) is 2.71. The number of carbonyl (C=O) groups excluding carboxylic acids is 1. The molecule has 0 fully saturated rings. The van der Waals surface area contributed by atoms with Gasteiger partial charge in [-0.3, -0.25) is 4.79 Å². The first-order valence-corrected chi connectivity index (χ1v) is 5.51. The van der Waals surface area contributed by atoms with Crippen molar-refractivity contribution in [1.82, 2.24) is 0 Å². The van der Waals surface area contributed by atoms with Crippen molar-refractivity contribution >= 4 is 23.0 Å². The number of aliphatic hydroxyl groups is 1. The van der Waals surface area contributed by atoms with Crippen molar-refractivity contribution in [1.29, 1.82) is 0 Å². The fraction of sp³-hybridized carbons (Fsp3) is 0.417. The van der Waals surface area contributed by atoms with Crippen LogP contribution >= 0.6 is 0 Å². The average Bonchev–Trinajstić information content (AvgIpc) is 2.35. The fourth-order valence-electron chi connectivity index (χ4n) is 1.94. The summed E-state index contributed by atoms with van der Waals surface area (Å²) in [6, 6.07) is 5.74. The summed E-state index contributed by atoms with van der Waals surface area (Å²) in [5.74, 6) is -0.191. The van der Waals surface area contributed by atoms with Crippen molar-refractivity contribution in [2.75, 3.05) is 36.2 Å². The Morgan fingerprint density at radius 3 is 2.82 bits per heavy atom. The third-order valence-corrected chi connectivity index (χ3v) is 3.43. The first-order valence-electron chi connectivity index (χ1n) is 5.51. The van der Waals surface area contributed by atoms with Gasteiger partial charge in [0.15, 0.2) is 0 Å². The van der Waals surface area contributed by atoms with Crippen LogP contribution in [0.3, 0.4) is 0 Å². The molecule has 17 heavy (non-hydrogen) atoms. The largest absolute Gasteiger partial charge is 0.393 e. The third-order valence-electron chi connectivity index (χ3n) is 3.43. The Morgan fingerprint density at radius 1 is 1.53 bits per heavy atom. The highest BCUT2D eigenvalue weighted by Gasteiger charge is 2.41. The minimum Gasteiger partial charge on any atom is -0.393 e. The van der Waals surface area contributed by atoms with Gasteiger partial charge < -0.3 is 20.6 Å². The number of amides is 1. The van der Waals surface area contributed by atoms with Crippen molar-refractivity contribution < 1.29 is 9.90 Å². The molecule has 1 unspecified atom stereocenters. The predicted octanol–water partition coefficient (Wildman–Crippen LogP) is 0.868. The summed E-state index contributed by atoms with van der Waals surface area (Å²) in [4.78, 5) is 13.8. The van der Waals surface area contributed by atoms with E-state index in [4.69, 9.17) is 0 Å². The van der Waals surface area contributed by atoms with Gasteiger partial charge in [-0.25, -0.2) is 0 Å². The van der Waals surface area contributed by atoms with Gasteiger partial charge in [-0.2, -0.15) is 0 Å². The molecule has 5 heteroatoms. The Balaban J connectivity index is 2.49. The lowest BCUT2D eigenvalue weighted by atomic mass is 9.96. The molecule has 0 aliphatic carbocycles. The number of hydrogen-bond acceptors (Lipinski definition) is 4. The third kappa shape index (κ3) is 1.63. The molecule has 1 aliphatic rings. The lowest BCUT2D eigenvalue weighted by Crippen LogP contribution is -2.58. The summed E-state index contributed by atoms with van der Waals surface area (Å²) < 4.78 is 0. The minimum absolute atomic E-state index is 0.191. The molecular formula is C12H17N3O2. The topological polar surface area (TPSA) is 64.6 Å². The maximum Gasteiger partial charge on any atom is 0.252 e. The number of aliphatic hydroxyl groups excluding tert-OH is 1. The van der Waals surface area contributed by atoms with E-state index in [-0.39, 0.29) is 12.5 Å². The summed E-state index contributed by atoms with van der Waals surface area (Å²) in [5.41, 5.74) is 1.69. The first kappa shape index (κ1) is 11.7. The van der Waals surface area contributed by atoms with Crippen LogP contribution in [0.2, 0.25) is 0 Å². The second-order valence-electron chi connectivity index (χ2n) is 4.43. The maximum absolute atomic E-state index is 12.0. The fourth-order valence-corrected chi connectivity index (χ4v) is 1.94. The molecule has 1 aromatic carbocycles. The van der Waals surface area contributed by atoms with Gasteiger partial charge in [0.25, 0.3) is 5.91 Å². The zero-order valence-electron chi connectivity index (χ0n) is 10.2. The van der Waals surface area contributed by atoms with E-state index in [2.05, 4.69) is 10.6 Å². The van der Waals surface area contributed by atoms with Crippen molar-refractivity contribution in [3.63, 3.8) is 0 Å². The van der Waals surface area contributed by atoms with Gasteiger partial charge in [0, 0.05) is 19.8 Å². The SMILES string of the molecule is CNc1ccc2c(c1)NC(=O)C(C)(CO)N2C. The number of rotatable bonds is 2. The number of nitrogens with zero attached hydrogens (tertiary/aromatic N) is 1. The lowest BCUT2D eigenvalue weighted by Gasteiger charge is -2.42. The van der Waals surface area contributed by atoms with Crippen LogP contribution in [0.5, 0.6) is 0 Å². The van der Waals surface area contributed by atoms with Crippen LogP contribution in [0.4, 0.5) is 17.1 Å². The van der Waals surface area contributed by atoms with Gasteiger partial charge in [0.2, 0.25) is 0 Å². The van der Waals surface area contributed by atoms with Gasteiger partial charge >= 0.3 is 0 Å². The standard InChI is InChI=1S/C12H17N3O2/c1-12(7-16)11(17)14-9-6-8(13-2)4-5-10(9)15(12)3/h4-6,13,16H,7H2,1-3H3,(H,14,17). The van der Waals surface area contributed by atoms with Crippen LogP contribution in [0.1, 0.15) is 6.92 Å². The molecule has 0 saturated carbocycles. The van der Waals surface area contributed by atoms with Crippen molar-refractivity contribution in [2.45, 2.75) is 12.5 Å². The van der Waals surface area contributed by atoms with Gasteiger partial charge in [-0.1, -0.05) is 0 Å². The average molecular weight is 235 g/mol. The van der Waals surface area contributed by atoms with E-state index in [9.17, 15) is 9.90 Å². The van der Waals surface area contributed by atoms with E-state index < -0.39 is 5.54 Å². The summed E-state index contributed by atoms with van der Waals surface area (Å²) in [6.45, 7) is 1.50. The molecule has 0 spiro atoms. The molecule has 1 heterocycles. The van der Waals surface area contributed by atoms with E-state index >= 15 is 0 Å². The summed E-state index contributed by atoms with van der Waals surface area (Å²) in [5, 5.41) is 15.3. The highest BCUT2D eigenvalue weighted by molar-refractivity contribution is 6.06. The molecule has 0 bridgehead atoms. The van der Waals surface area contributed by atoms with Crippen LogP contribution in [-0.2, 0) is 4.79 Å². The van der Waals surface area contributed by atoms with Crippen LogP contribution < -0.4 is 15.5 Å². The van der Waals surface area contributed by atoms with E-state index in [0.717, 1.165) is 17.1 Å². The molecule has 0 aromatic heterocycles. The van der Waals surface area contributed by atoms with Crippen molar-refractivity contribution in [3.05, 3.63) is 18.2 Å². The van der Waals surface area contributed by atoms with Crippen molar-refractivity contribution in [3.8, 4) is 0 Å². The minimum atomic E-state index is -0.909. The number of benzene rings is 1. The second-order valence-corrected chi connectivity index (χ2v) is 4.43. The van der Waals surface area contributed by atoms with E-state index in [1.165, 1.54) is 0 Å².